The van der Waals surface area contributed by atoms with Gasteiger partial charge < -0.3 is 18.6 Å². The maximum Gasteiger partial charge on any atom is 0.159 e. The summed E-state index contributed by atoms with van der Waals surface area (Å²) in [6, 6.07) is 132. The molecule has 0 radical (unpaired) electrons. The van der Waals surface area contributed by atoms with Crippen molar-refractivity contribution >= 4 is 121 Å². The number of nitrogens with zero attached hydrogens (tertiary/aromatic N) is 2. The van der Waals surface area contributed by atoms with Crippen molar-refractivity contribution in [2.45, 2.75) is 0 Å². The van der Waals surface area contributed by atoms with E-state index in [2.05, 4.69) is 362 Å². The first kappa shape index (κ1) is 56.5. The Morgan fingerprint density at radius 1 is 0.163 bits per heavy atom. The number of hydrogen-bond acceptors (Lipinski definition) is 4. The van der Waals surface area contributed by atoms with Crippen LogP contribution in [0.4, 0.5) is 34.1 Å². The number of furan rings is 2. The number of hydrogen-bond donors (Lipinski definition) is 0. The van der Waals surface area contributed by atoms with Crippen LogP contribution in [-0.4, -0.2) is 0 Å². The average molecular weight is 1250 g/mol. The summed E-state index contributed by atoms with van der Waals surface area (Å²) in [6.07, 6.45) is 0. The molecule has 0 saturated carbocycles. The molecule has 0 aliphatic heterocycles. The summed E-state index contributed by atoms with van der Waals surface area (Å²) in [5.41, 5.74) is 23.3. The van der Waals surface area contributed by atoms with Gasteiger partial charge in [0.15, 0.2) is 5.58 Å². The van der Waals surface area contributed by atoms with Crippen molar-refractivity contribution in [2.24, 2.45) is 0 Å². The van der Waals surface area contributed by atoms with Crippen LogP contribution in [0, 0.1) is 0 Å². The second-order valence-corrected chi connectivity index (χ2v) is 25.5. The predicted octanol–water partition coefficient (Wildman–Crippen LogP) is 27.0. The van der Waals surface area contributed by atoms with Gasteiger partial charge in [0.2, 0.25) is 0 Å². The molecule has 0 bridgehead atoms. The largest absolute Gasteiger partial charge is 0.456 e. The molecule has 2 heterocycles. The van der Waals surface area contributed by atoms with Crippen LogP contribution in [0.25, 0.3) is 154 Å². The monoisotopic (exact) mass is 1250 g/mol. The van der Waals surface area contributed by atoms with Crippen LogP contribution >= 0.6 is 0 Å². The molecule has 0 atom stereocenters. The maximum atomic E-state index is 6.94. The van der Waals surface area contributed by atoms with Gasteiger partial charge in [-0.2, -0.15) is 0 Å². The smallest absolute Gasteiger partial charge is 0.159 e. The standard InChI is InChI=1S/C94H60N2O2/c1-3-19-61(20-4-1)63-37-39-64(40-38-63)65-41-43-66(44-42-65)67-45-48-75(49-46-67)95(76-50-52-86-84-31-13-15-35-91(84)97-93(86)60-76)89-59-74-54-70(47-51-79(74)81-28-10-11-29-82(81)89)68-24-17-25-69(53-68)73-55-72(62-21-5-2-6-22-62)56-77(57-73)96(88-34-18-33-87-85-32-14-16-36-92(85)98-94(87)88)90-58-71-23-7-8-26-78(71)80-27-9-12-30-83(80)90/h1-60H. The molecular formula is C94H60N2O2. The molecule has 2 aromatic heterocycles. The van der Waals surface area contributed by atoms with Crippen LogP contribution in [0.1, 0.15) is 0 Å². The minimum absolute atomic E-state index is 0.833. The lowest BCUT2D eigenvalue weighted by molar-refractivity contribution is 0.668. The number of benzene rings is 17. The van der Waals surface area contributed by atoms with Gasteiger partial charge in [-0.3, -0.25) is 0 Å². The molecule has 458 valence electrons. The molecule has 98 heavy (non-hydrogen) atoms. The van der Waals surface area contributed by atoms with E-state index in [4.69, 9.17) is 8.83 Å². The van der Waals surface area contributed by atoms with E-state index in [0.29, 0.717) is 0 Å². The van der Waals surface area contributed by atoms with Crippen molar-refractivity contribution in [3.8, 4) is 66.8 Å². The van der Waals surface area contributed by atoms with E-state index in [0.717, 1.165) is 144 Å². The fourth-order valence-electron chi connectivity index (χ4n) is 15.0. The Morgan fingerprint density at radius 3 is 1.19 bits per heavy atom. The van der Waals surface area contributed by atoms with Crippen molar-refractivity contribution in [1.82, 2.24) is 0 Å². The van der Waals surface area contributed by atoms with Crippen molar-refractivity contribution in [1.29, 1.82) is 0 Å². The minimum atomic E-state index is 0.833. The number of para-hydroxylation sites is 3. The topological polar surface area (TPSA) is 32.8 Å². The Kier molecular flexibility index (Phi) is 13.5. The summed E-state index contributed by atoms with van der Waals surface area (Å²) in [5, 5.41) is 13.7. The molecule has 0 aliphatic carbocycles. The van der Waals surface area contributed by atoms with Gasteiger partial charge in [-0.1, -0.05) is 273 Å². The Morgan fingerprint density at radius 2 is 0.551 bits per heavy atom. The third kappa shape index (κ3) is 9.85. The number of rotatable bonds is 12. The van der Waals surface area contributed by atoms with Gasteiger partial charge in [-0.15, -0.1) is 0 Å². The minimum Gasteiger partial charge on any atom is -0.456 e. The van der Waals surface area contributed by atoms with Gasteiger partial charge in [0, 0.05) is 55.4 Å². The summed E-state index contributed by atoms with van der Waals surface area (Å²) < 4.78 is 13.6. The molecule has 4 heteroatoms. The maximum absolute atomic E-state index is 6.94. The first-order chi connectivity index (χ1) is 48.5. The highest BCUT2D eigenvalue weighted by Gasteiger charge is 2.25. The van der Waals surface area contributed by atoms with Crippen LogP contribution in [0.5, 0.6) is 0 Å². The van der Waals surface area contributed by atoms with E-state index in [1.54, 1.807) is 0 Å². The van der Waals surface area contributed by atoms with Gasteiger partial charge in [0.05, 0.1) is 17.1 Å². The molecule has 0 spiro atoms. The molecule has 0 aliphatic rings. The average Bonchev–Trinajstić information content (AvgIpc) is 1.16. The molecule has 0 amide bonds. The Bertz CT molecular complexity index is 6290. The van der Waals surface area contributed by atoms with E-state index in [1.807, 2.05) is 12.1 Å². The second-order valence-electron chi connectivity index (χ2n) is 25.5. The molecule has 0 unspecified atom stereocenters. The number of anilines is 6. The summed E-state index contributed by atoms with van der Waals surface area (Å²) in [5.74, 6) is 0. The highest BCUT2D eigenvalue weighted by molar-refractivity contribution is 6.18. The Hall–Kier alpha value is -13.0. The van der Waals surface area contributed by atoms with Crippen molar-refractivity contribution in [3.05, 3.63) is 364 Å². The van der Waals surface area contributed by atoms with Gasteiger partial charge >= 0.3 is 0 Å². The first-order valence-electron chi connectivity index (χ1n) is 33.5. The third-order valence-electron chi connectivity index (χ3n) is 19.8. The third-order valence-corrected chi connectivity index (χ3v) is 19.8. The van der Waals surface area contributed by atoms with Gasteiger partial charge in [-0.05, 0) is 184 Å². The molecule has 19 aromatic rings. The zero-order chi connectivity index (χ0) is 64.6. The zero-order valence-corrected chi connectivity index (χ0v) is 53.4. The second kappa shape index (κ2) is 23.5. The van der Waals surface area contributed by atoms with Gasteiger partial charge in [0.25, 0.3) is 0 Å². The van der Waals surface area contributed by atoms with E-state index in [9.17, 15) is 0 Å². The van der Waals surface area contributed by atoms with Gasteiger partial charge in [0.1, 0.15) is 16.7 Å². The molecule has 0 saturated heterocycles. The van der Waals surface area contributed by atoms with Crippen molar-refractivity contribution in [2.75, 3.05) is 9.80 Å². The van der Waals surface area contributed by atoms with E-state index >= 15 is 0 Å². The SMILES string of the molecule is c1ccc(-c2ccc(-c3ccc(-c4ccc(N(c5ccc6c(c5)oc5ccccc56)c5cc6cc(-c7cccc(-c8cc(-c9ccccc9)cc(N(c9cc%10ccccc%10c%10ccccc9%10)c9cccc%10c9oc9ccccc9%10)c8)c7)ccc6c6ccccc56)cc4)cc3)cc2)cc1. The quantitative estimate of drug-likeness (QED) is 0.114. The highest BCUT2D eigenvalue weighted by Crippen LogP contribution is 2.50. The van der Waals surface area contributed by atoms with Crippen LogP contribution in [0.2, 0.25) is 0 Å². The lowest BCUT2D eigenvalue weighted by atomic mass is 9.93. The lowest BCUT2D eigenvalue weighted by Gasteiger charge is -2.28. The molecule has 19 rings (SSSR count). The predicted molar refractivity (Wildman–Crippen MR) is 413 cm³/mol. The molecule has 17 aromatic carbocycles. The van der Waals surface area contributed by atoms with E-state index in [-0.39, 0.29) is 0 Å². The Balaban J connectivity index is 0.737. The molecule has 0 N–H and O–H groups in total. The molecular weight excluding hydrogens is 1190 g/mol. The van der Waals surface area contributed by atoms with Crippen molar-refractivity contribution < 1.29 is 8.83 Å². The molecule has 0 fully saturated rings. The van der Waals surface area contributed by atoms with Crippen LogP contribution in [0.3, 0.4) is 0 Å². The highest BCUT2D eigenvalue weighted by atomic mass is 16.3. The fourth-order valence-corrected chi connectivity index (χ4v) is 15.0. The molecule has 4 nitrogen and oxygen atoms in total. The number of fused-ring (bicyclic) bond motifs is 12. The summed E-state index contributed by atoms with van der Waals surface area (Å²) in [6.45, 7) is 0. The van der Waals surface area contributed by atoms with Crippen LogP contribution in [-0.2, 0) is 0 Å². The Labute approximate surface area is 567 Å². The van der Waals surface area contributed by atoms with Gasteiger partial charge in [-0.25, -0.2) is 0 Å². The lowest BCUT2D eigenvalue weighted by Crippen LogP contribution is -2.11. The van der Waals surface area contributed by atoms with Crippen LogP contribution < -0.4 is 9.80 Å². The summed E-state index contributed by atoms with van der Waals surface area (Å²) in [4.78, 5) is 4.84. The fraction of sp³-hybridized carbons (Fsp3) is 0. The van der Waals surface area contributed by atoms with E-state index < -0.39 is 0 Å². The zero-order valence-electron chi connectivity index (χ0n) is 53.4. The first-order valence-corrected chi connectivity index (χ1v) is 33.5. The summed E-state index contributed by atoms with van der Waals surface area (Å²) >= 11 is 0. The van der Waals surface area contributed by atoms with Crippen molar-refractivity contribution in [3.63, 3.8) is 0 Å². The van der Waals surface area contributed by atoms with Crippen LogP contribution in [0.15, 0.2) is 373 Å². The van der Waals surface area contributed by atoms with E-state index in [1.165, 1.54) is 43.8 Å². The summed E-state index contributed by atoms with van der Waals surface area (Å²) in [7, 11) is 0. The normalized spacial score (nSPS) is 11.7.